The quantitative estimate of drug-likeness (QED) is 0.820. The Kier molecular flexibility index (Phi) is 5.54. The fourth-order valence-corrected chi connectivity index (χ4v) is 1.66. The number of hydrogen-bond donors (Lipinski definition) is 2. The lowest BCUT2D eigenvalue weighted by molar-refractivity contribution is -0.122. The Hall–Kier alpha value is -1.36. The van der Waals surface area contributed by atoms with Gasteiger partial charge in [0.1, 0.15) is 5.82 Å². The number of hydrogen-bond acceptors (Lipinski definition) is 3. The van der Waals surface area contributed by atoms with Crippen LogP contribution in [0.2, 0.25) is 0 Å². The van der Waals surface area contributed by atoms with Gasteiger partial charge in [0, 0.05) is 31.9 Å². The summed E-state index contributed by atoms with van der Waals surface area (Å²) in [6, 6.07) is 0. The van der Waals surface area contributed by atoms with Crippen molar-refractivity contribution in [3.63, 3.8) is 0 Å². The molecule has 1 aromatic rings. The zero-order valence-electron chi connectivity index (χ0n) is 12.3. The highest BCUT2D eigenvalue weighted by Gasteiger charge is 2.22. The highest BCUT2D eigenvalue weighted by atomic mass is 16.3. The molecule has 1 atom stereocenters. The summed E-state index contributed by atoms with van der Waals surface area (Å²) in [4.78, 5) is 15.8. The smallest absolute Gasteiger partial charge is 0.220 e. The maximum atomic E-state index is 11.6. The normalized spacial score (nSPS) is 13.3. The van der Waals surface area contributed by atoms with Gasteiger partial charge in [-0.15, -0.1) is 0 Å². The fraction of sp³-hybridized carbons (Fsp3) is 0.714. The maximum absolute atomic E-state index is 11.6. The van der Waals surface area contributed by atoms with Crippen molar-refractivity contribution < 1.29 is 9.90 Å². The average molecular weight is 267 g/mol. The molecule has 0 saturated carbocycles. The topological polar surface area (TPSA) is 67.2 Å². The molecule has 0 spiro atoms. The largest absolute Gasteiger partial charge is 0.391 e. The first kappa shape index (κ1) is 15.7. The number of imidazole rings is 1. The summed E-state index contributed by atoms with van der Waals surface area (Å²) < 4.78 is 2.03. The molecular formula is C14H25N3O2. The van der Waals surface area contributed by atoms with Gasteiger partial charge in [0.2, 0.25) is 5.91 Å². The van der Waals surface area contributed by atoms with Crippen molar-refractivity contribution in [2.45, 2.75) is 53.2 Å². The second-order valence-corrected chi connectivity index (χ2v) is 5.96. The van der Waals surface area contributed by atoms with E-state index in [0.29, 0.717) is 13.0 Å². The van der Waals surface area contributed by atoms with Crippen LogP contribution in [0.4, 0.5) is 0 Å². The molecule has 108 valence electrons. The van der Waals surface area contributed by atoms with Crippen LogP contribution in [0.25, 0.3) is 0 Å². The van der Waals surface area contributed by atoms with Gasteiger partial charge in [-0.05, 0) is 18.8 Å². The summed E-state index contributed by atoms with van der Waals surface area (Å²) in [7, 11) is 0. The number of rotatable bonds is 6. The SMILES string of the molecule is Cc1nccn1CCCC(=O)NCC(O)C(C)(C)C. The number of nitrogens with one attached hydrogen (secondary N) is 1. The Morgan fingerprint density at radius 1 is 1.53 bits per heavy atom. The van der Waals surface area contributed by atoms with Crippen LogP contribution in [0.15, 0.2) is 12.4 Å². The predicted octanol–water partition coefficient (Wildman–Crippen LogP) is 1.49. The van der Waals surface area contributed by atoms with Gasteiger partial charge in [0.05, 0.1) is 6.10 Å². The predicted molar refractivity (Wildman–Crippen MR) is 74.7 cm³/mol. The third-order valence-corrected chi connectivity index (χ3v) is 3.22. The fourth-order valence-electron chi connectivity index (χ4n) is 1.66. The van der Waals surface area contributed by atoms with Crippen molar-refractivity contribution in [2.24, 2.45) is 5.41 Å². The van der Waals surface area contributed by atoms with Crippen LogP contribution in [-0.2, 0) is 11.3 Å². The van der Waals surface area contributed by atoms with Gasteiger partial charge in [-0.1, -0.05) is 20.8 Å². The number of nitrogens with zero attached hydrogens (tertiary/aromatic N) is 2. The van der Waals surface area contributed by atoms with Crippen molar-refractivity contribution in [1.82, 2.24) is 14.9 Å². The van der Waals surface area contributed by atoms with E-state index in [4.69, 9.17) is 0 Å². The van der Waals surface area contributed by atoms with Crippen LogP contribution in [-0.4, -0.2) is 33.2 Å². The van der Waals surface area contributed by atoms with E-state index < -0.39 is 6.10 Å². The molecule has 0 aliphatic carbocycles. The molecule has 2 N–H and O–H groups in total. The monoisotopic (exact) mass is 267 g/mol. The Morgan fingerprint density at radius 2 is 2.21 bits per heavy atom. The van der Waals surface area contributed by atoms with E-state index in [0.717, 1.165) is 18.8 Å². The molecular weight excluding hydrogens is 242 g/mol. The molecule has 0 radical (unpaired) electrons. The van der Waals surface area contributed by atoms with Gasteiger partial charge in [0.15, 0.2) is 0 Å². The highest BCUT2D eigenvalue weighted by Crippen LogP contribution is 2.18. The summed E-state index contributed by atoms with van der Waals surface area (Å²) in [5, 5.41) is 12.6. The van der Waals surface area contributed by atoms with Crippen molar-refractivity contribution in [2.75, 3.05) is 6.54 Å². The molecule has 1 unspecified atom stereocenters. The molecule has 1 aromatic heterocycles. The average Bonchev–Trinajstić information content (AvgIpc) is 2.71. The molecule has 0 fully saturated rings. The lowest BCUT2D eigenvalue weighted by Crippen LogP contribution is -2.39. The molecule has 1 heterocycles. The standard InChI is InChI=1S/C14H25N3O2/c1-11-15-7-9-17(11)8-5-6-13(19)16-10-12(18)14(2,3)4/h7,9,12,18H,5-6,8,10H2,1-4H3,(H,16,19). The van der Waals surface area contributed by atoms with Crippen molar-refractivity contribution >= 4 is 5.91 Å². The molecule has 0 bridgehead atoms. The number of aliphatic hydroxyl groups excluding tert-OH is 1. The molecule has 5 nitrogen and oxygen atoms in total. The first-order valence-electron chi connectivity index (χ1n) is 6.73. The Morgan fingerprint density at radius 3 is 2.74 bits per heavy atom. The van der Waals surface area contributed by atoms with Crippen LogP contribution >= 0.6 is 0 Å². The molecule has 0 aromatic carbocycles. The summed E-state index contributed by atoms with van der Waals surface area (Å²) >= 11 is 0. The molecule has 0 aliphatic heterocycles. The van der Waals surface area contributed by atoms with Gasteiger partial charge in [-0.3, -0.25) is 4.79 Å². The summed E-state index contributed by atoms with van der Waals surface area (Å²) in [6.45, 7) is 8.90. The number of amides is 1. The van der Waals surface area contributed by atoms with Crippen molar-refractivity contribution in [1.29, 1.82) is 0 Å². The van der Waals surface area contributed by atoms with Crippen LogP contribution in [0.1, 0.15) is 39.4 Å². The molecule has 1 amide bonds. The third-order valence-electron chi connectivity index (χ3n) is 3.22. The highest BCUT2D eigenvalue weighted by molar-refractivity contribution is 5.75. The van der Waals surface area contributed by atoms with E-state index in [-0.39, 0.29) is 11.3 Å². The minimum atomic E-state index is -0.521. The number of carbonyl (C=O) groups excluding carboxylic acids is 1. The van der Waals surface area contributed by atoms with E-state index in [1.54, 1.807) is 6.20 Å². The zero-order valence-corrected chi connectivity index (χ0v) is 12.3. The Balaban J connectivity index is 2.20. The summed E-state index contributed by atoms with van der Waals surface area (Å²) in [6.07, 6.45) is 4.39. The van der Waals surface area contributed by atoms with Crippen molar-refractivity contribution in [3.8, 4) is 0 Å². The number of aryl methyl sites for hydroxylation is 2. The van der Waals surface area contributed by atoms with Gasteiger partial charge in [-0.25, -0.2) is 4.98 Å². The van der Waals surface area contributed by atoms with E-state index in [2.05, 4.69) is 10.3 Å². The second kappa shape index (κ2) is 6.70. The van der Waals surface area contributed by atoms with Gasteiger partial charge in [-0.2, -0.15) is 0 Å². The summed E-state index contributed by atoms with van der Waals surface area (Å²) in [5.74, 6) is 0.949. The van der Waals surface area contributed by atoms with Gasteiger partial charge < -0.3 is 15.0 Å². The zero-order chi connectivity index (χ0) is 14.5. The molecule has 1 rings (SSSR count). The van der Waals surface area contributed by atoms with Gasteiger partial charge >= 0.3 is 0 Å². The summed E-state index contributed by atoms with van der Waals surface area (Å²) in [5.41, 5.74) is -0.207. The Bertz CT molecular complexity index is 407. The lowest BCUT2D eigenvalue weighted by atomic mass is 9.89. The van der Waals surface area contributed by atoms with Crippen LogP contribution in [0, 0.1) is 12.3 Å². The first-order chi connectivity index (χ1) is 8.80. The second-order valence-electron chi connectivity index (χ2n) is 5.96. The first-order valence-corrected chi connectivity index (χ1v) is 6.73. The molecule has 0 aliphatic rings. The minimum absolute atomic E-state index is 0.0129. The third kappa shape index (κ3) is 5.42. The van der Waals surface area contributed by atoms with E-state index >= 15 is 0 Å². The van der Waals surface area contributed by atoms with Crippen molar-refractivity contribution in [3.05, 3.63) is 18.2 Å². The molecule has 5 heteroatoms. The molecule has 0 saturated heterocycles. The molecule has 19 heavy (non-hydrogen) atoms. The minimum Gasteiger partial charge on any atom is -0.391 e. The number of aromatic nitrogens is 2. The van der Waals surface area contributed by atoms with E-state index in [1.165, 1.54) is 0 Å². The van der Waals surface area contributed by atoms with Crippen LogP contribution in [0.5, 0.6) is 0 Å². The van der Waals surface area contributed by atoms with Crippen LogP contribution in [0.3, 0.4) is 0 Å². The number of aliphatic hydroxyl groups is 1. The lowest BCUT2D eigenvalue weighted by Gasteiger charge is -2.25. The van der Waals surface area contributed by atoms with Gasteiger partial charge in [0.25, 0.3) is 0 Å². The Labute approximate surface area is 115 Å². The van der Waals surface area contributed by atoms with E-state index in [1.807, 2.05) is 38.5 Å². The van der Waals surface area contributed by atoms with Crippen LogP contribution < -0.4 is 5.32 Å². The maximum Gasteiger partial charge on any atom is 0.220 e. The number of carbonyl (C=O) groups is 1. The van der Waals surface area contributed by atoms with E-state index in [9.17, 15) is 9.90 Å².